The lowest BCUT2D eigenvalue weighted by atomic mass is 10.1. The molecule has 11 heteroatoms. The van der Waals surface area contributed by atoms with E-state index >= 15 is 0 Å². The van der Waals surface area contributed by atoms with Crippen LogP contribution in [0.15, 0.2) is 101 Å². The molecular weight excluding hydrogens is 625 g/mol. The van der Waals surface area contributed by atoms with Crippen molar-refractivity contribution >= 4 is 68.9 Å². The van der Waals surface area contributed by atoms with E-state index in [0.29, 0.717) is 38.1 Å². The van der Waals surface area contributed by atoms with Gasteiger partial charge in [-0.2, -0.15) is 0 Å². The maximum atomic E-state index is 13.6. The van der Waals surface area contributed by atoms with Gasteiger partial charge in [0, 0.05) is 21.5 Å². The number of thioether (sulfide) groups is 1. The molecule has 0 saturated heterocycles. The third-order valence-corrected chi connectivity index (χ3v) is 9.04. The van der Waals surface area contributed by atoms with Gasteiger partial charge in [-0.1, -0.05) is 71.7 Å². The molecule has 43 heavy (non-hydrogen) atoms. The summed E-state index contributed by atoms with van der Waals surface area (Å²) in [4.78, 5) is 32.2. The maximum Gasteiger partial charge on any atom is 0.263 e. The number of nitrogens with zero attached hydrogens (tertiary/aromatic N) is 1. The number of rotatable bonds is 10. The molecule has 0 aliphatic heterocycles. The highest BCUT2D eigenvalue weighted by atomic mass is 35.5. The van der Waals surface area contributed by atoms with Gasteiger partial charge in [-0.15, -0.1) is 23.1 Å². The largest absolute Gasteiger partial charge is 0.496 e. The fraction of sp³-hybridized carbons (Fsp3) is 0.0938. The molecular formula is C32H25Cl2N3O4S2. The minimum atomic E-state index is -0.598. The standard InChI is InChI=1S/C32H25Cl2N3O4S2/c1-40-26-12-7-13-27(41-2)28(26)30(38)35-21-10-6-11-22(17-21)43-29(19-8-4-3-5-9-19)31(39)37-32-36-25(18-42-32)20-14-15-23(33)24(34)16-20/h3-18,29H,1-2H3,(H,35,38)(H,36,37,39). The van der Waals surface area contributed by atoms with E-state index in [1.54, 1.807) is 36.4 Å². The molecule has 0 saturated carbocycles. The third kappa shape index (κ3) is 7.32. The molecule has 5 rings (SSSR count). The minimum absolute atomic E-state index is 0.237. The second-order valence-corrected chi connectivity index (χ2v) is 11.9. The molecule has 218 valence electrons. The molecule has 2 amide bonds. The second kappa shape index (κ2) is 14.0. The van der Waals surface area contributed by atoms with Gasteiger partial charge in [-0.05, 0) is 48.0 Å². The predicted octanol–water partition coefficient (Wildman–Crippen LogP) is 8.86. The number of anilines is 2. The Hall–Kier alpha value is -4.02. The highest BCUT2D eigenvalue weighted by Gasteiger charge is 2.24. The molecule has 0 aliphatic rings. The van der Waals surface area contributed by atoms with Crippen molar-refractivity contribution in [3.8, 4) is 22.8 Å². The summed E-state index contributed by atoms with van der Waals surface area (Å²) in [6.45, 7) is 0. The van der Waals surface area contributed by atoms with Crippen molar-refractivity contribution in [1.82, 2.24) is 4.98 Å². The van der Waals surface area contributed by atoms with Crippen LogP contribution in [0.5, 0.6) is 11.5 Å². The molecule has 2 N–H and O–H groups in total. The van der Waals surface area contributed by atoms with Crippen molar-refractivity contribution in [1.29, 1.82) is 0 Å². The normalized spacial score (nSPS) is 11.4. The molecule has 1 aromatic heterocycles. The van der Waals surface area contributed by atoms with E-state index in [4.69, 9.17) is 32.7 Å². The van der Waals surface area contributed by atoms with Gasteiger partial charge in [0.15, 0.2) is 5.13 Å². The first-order valence-electron chi connectivity index (χ1n) is 12.9. The summed E-state index contributed by atoms with van der Waals surface area (Å²) in [5, 5.41) is 8.48. The Kier molecular flexibility index (Phi) is 9.89. The van der Waals surface area contributed by atoms with E-state index in [2.05, 4.69) is 15.6 Å². The van der Waals surface area contributed by atoms with Gasteiger partial charge in [-0.3, -0.25) is 9.59 Å². The highest BCUT2D eigenvalue weighted by Crippen LogP contribution is 2.38. The van der Waals surface area contributed by atoms with E-state index in [1.807, 2.05) is 60.0 Å². The van der Waals surface area contributed by atoms with Crippen molar-refractivity contribution in [3.63, 3.8) is 0 Å². The monoisotopic (exact) mass is 649 g/mol. The van der Waals surface area contributed by atoms with E-state index < -0.39 is 5.25 Å². The fourth-order valence-corrected chi connectivity index (χ4v) is 6.35. The first-order chi connectivity index (χ1) is 20.9. The Balaban J connectivity index is 1.35. The molecule has 1 atom stereocenters. The van der Waals surface area contributed by atoms with Gasteiger partial charge in [0.05, 0.1) is 30.0 Å². The number of nitrogens with one attached hydrogen (secondary N) is 2. The van der Waals surface area contributed by atoms with Crippen LogP contribution in [0.2, 0.25) is 10.0 Å². The average Bonchev–Trinajstić information content (AvgIpc) is 3.49. The lowest BCUT2D eigenvalue weighted by Gasteiger charge is -2.17. The number of amides is 2. The van der Waals surface area contributed by atoms with Crippen molar-refractivity contribution in [2.75, 3.05) is 24.9 Å². The zero-order valence-corrected chi connectivity index (χ0v) is 26.1. The fourth-order valence-electron chi connectivity index (χ4n) is 4.24. The first kappa shape index (κ1) is 30.4. The van der Waals surface area contributed by atoms with Crippen LogP contribution in [0.25, 0.3) is 11.3 Å². The predicted molar refractivity (Wildman–Crippen MR) is 175 cm³/mol. The Bertz CT molecular complexity index is 1740. The molecule has 1 heterocycles. The number of ether oxygens (including phenoxy) is 2. The topological polar surface area (TPSA) is 89.5 Å². The molecule has 4 aromatic carbocycles. The quantitative estimate of drug-likeness (QED) is 0.147. The average molecular weight is 651 g/mol. The van der Waals surface area contributed by atoms with Crippen LogP contribution in [0.4, 0.5) is 10.8 Å². The van der Waals surface area contributed by atoms with Crippen molar-refractivity contribution in [2.24, 2.45) is 0 Å². The third-order valence-electron chi connectivity index (χ3n) is 6.29. The SMILES string of the molecule is COc1cccc(OC)c1C(=O)Nc1cccc(SC(C(=O)Nc2nc(-c3ccc(Cl)c(Cl)c3)cs2)c2ccccc2)c1. The van der Waals surface area contributed by atoms with Crippen LogP contribution in [-0.4, -0.2) is 31.0 Å². The molecule has 1 unspecified atom stereocenters. The van der Waals surface area contributed by atoms with Crippen LogP contribution in [0, 0.1) is 0 Å². The number of halogens is 2. The highest BCUT2D eigenvalue weighted by molar-refractivity contribution is 8.00. The number of hydrogen-bond donors (Lipinski definition) is 2. The van der Waals surface area contributed by atoms with Gasteiger partial charge in [0.25, 0.3) is 5.91 Å². The molecule has 0 radical (unpaired) electrons. The Morgan fingerprint density at radius 1 is 0.837 bits per heavy atom. The van der Waals surface area contributed by atoms with E-state index in [0.717, 1.165) is 16.0 Å². The van der Waals surface area contributed by atoms with Crippen molar-refractivity contribution < 1.29 is 19.1 Å². The molecule has 0 bridgehead atoms. The lowest BCUT2D eigenvalue weighted by molar-refractivity contribution is -0.115. The number of thiazole rings is 1. The minimum Gasteiger partial charge on any atom is -0.496 e. The summed E-state index contributed by atoms with van der Waals surface area (Å²) in [7, 11) is 2.99. The van der Waals surface area contributed by atoms with Crippen LogP contribution >= 0.6 is 46.3 Å². The lowest BCUT2D eigenvalue weighted by Crippen LogP contribution is -2.19. The van der Waals surface area contributed by atoms with Crippen LogP contribution in [0.1, 0.15) is 21.2 Å². The number of methoxy groups -OCH3 is 2. The molecule has 7 nitrogen and oxygen atoms in total. The van der Waals surface area contributed by atoms with Gasteiger partial charge in [-0.25, -0.2) is 4.98 Å². The van der Waals surface area contributed by atoms with E-state index in [1.165, 1.54) is 37.3 Å². The molecule has 0 fully saturated rings. The summed E-state index contributed by atoms with van der Waals surface area (Å²) in [6, 6.07) is 27.2. The summed E-state index contributed by atoms with van der Waals surface area (Å²) in [5.41, 5.74) is 3.14. The van der Waals surface area contributed by atoms with Crippen molar-refractivity contribution in [3.05, 3.63) is 118 Å². The summed E-state index contributed by atoms with van der Waals surface area (Å²) in [5.74, 6) is 0.176. The Morgan fingerprint density at radius 3 is 2.26 bits per heavy atom. The summed E-state index contributed by atoms with van der Waals surface area (Å²) >= 11 is 14.9. The van der Waals surface area contributed by atoms with Gasteiger partial charge >= 0.3 is 0 Å². The van der Waals surface area contributed by atoms with Crippen molar-refractivity contribution in [2.45, 2.75) is 10.1 Å². The van der Waals surface area contributed by atoms with Crippen LogP contribution in [0.3, 0.4) is 0 Å². The zero-order chi connectivity index (χ0) is 30.3. The summed E-state index contributed by atoms with van der Waals surface area (Å²) < 4.78 is 10.8. The number of benzene rings is 4. The van der Waals surface area contributed by atoms with Crippen LogP contribution < -0.4 is 20.1 Å². The number of carbonyl (C=O) groups excluding carboxylic acids is 2. The maximum absolute atomic E-state index is 13.6. The number of hydrogen-bond acceptors (Lipinski definition) is 7. The number of carbonyl (C=O) groups is 2. The van der Waals surface area contributed by atoms with E-state index in [-0.39, 0.29) is 17.4 Å². The van der Waals surface area contributed by atoms with Crippen LogP contribution in [-0.2, 0) is 4.79 Å². The van der Waals surface area contributed by atoms with Gasteiger partial charge in [0.2, 0.25) is 5.91 Å². The Labute approximate surface area is 267 Å². The van der Waals surface area contributed by atoms with E-state index in [9.17, 15) is 9.59 Å². The van der Waals surface area contributed by atoms with Gasteiger partial charge in [0.1, 0.15) is 22.3 Å². The Morgan fingerprint density at radius 2 is 1.56 bits per heavy atom. The smallest absolute Gasteiger partial charge is 0.263 e. The molecule has 0 aliphatic carbocycles. The molecule has 0 spiro atoms. The first-order valence-corrected chi connectivity index (χ1v) is 15.4. The zero-order valence-electron chi connectivity index (χ0n) is 23.0. The molecule has 5 aromatic rings. The summed E-state index contributed by atoms with van der Waals surface area (Å²) in [6.07, 6.45) is 0. The van der Waals surface area contributed by atoms with Gasteiger partial charge < -0.3 is 20.1 Å². The number of aromatic nitrogens is 1. The second-order valence-electron chi connectivity index (χ2n) is 9.08.